The molecule has 39 heavy (non-hydrogen) atoms. The van der Waals surface area contributed by atoms with Crippen LogP contribution in [0.1, 0.15) is 25.3 Å². The minimum Gasteiger partial charge on any atom is -0.473 e. The molecule has 4 N–H and O–H groups in total. The fourth-order valence-corrected chi connectivity index (χ4v) is 4.74. The molecule has 2 atom stereocenters. The summed E-state index contributed by atoms with van der Waals surface area (Å²) in [5, 5.41) is 36.7. The smallest absolute Gasteiger partial charge is 0.407 e. The number of carbonyl (C=O) groups is 2. The summed E-state index contributed by atoms with van der Waals surface area (Å²) in [6.45, 7) is 4.95. The van der Waals surface area contributed by atoms with Crippen molar-refractivity contribution in [2.75, 3.05) is 50.8 Å². The monoisotopic (exact) mass is 560 g/mol. The lowest BCUT2D eigenvalue weighted by atomic mass is 9.96. The summed E-state index contributed by atoms with van der Waals surface area (Å²) in [4.78, 5) is 35.1. The first-order valence-electron chi connectivity index (χ1n) is 12.7. The fraction of sp³-hybridized carbons (Fsp3) is 0.462. The van der Waals surface area contributed by atoms with Gasteiger partial charge in [-0.2, -0.15) is 0 Å². The second kappa shape index (κ2) is 12.5. The molecule has 0 spiro atoms. The lowest BCUT2D eigenvalue weighted by Crippen LogP contribution is -2.52. The minimum absolute atomic E-state index is 0.0358. The first kappa shape index (κ1) is 28.4. The molecule has 2 amide bonds. The molecule has 1 aliphatic rings. The number of aromatic nitrogens is 3. The number of fused-ring (bicyclic) bond motifs is 1. The zero-order valence-corrected chi connectivity index (χ0v) is 22.6. The van der Waals surface area contributed by atoms with Crippen molar-refractivity contribution >= 4 is 40.3 Å². The topological polar surface area (TPSA) is 155 Å². The van der Waals surface area contributed by atoms with E-state index in [1.165, 1.54) is 4.90 Å². The standard InChI is InChI=1S/C26H33ClN6O6/c1-16(2)33(26(37)38)13-20(17-3-5-18(27)6-4-17)25(36)32-11-9-31(10-12-32)21-7-8-28-23-22(21)24(30-29-23)39-15-19(35)14-34/h3-8,16,19-20,34-35H,9-15H2,1-2H3,(H,37,38)(H,28,29,30)/t19?,20-/m0/s1. The fourth-order valence-electron chi connectivity index (χ4n) is 4.62. The van der Waals surface area contributed by atoms with E-state index in [1.807, 2.05) is 6.07 Å². The van der Waals surface area contributed by atoms with Gasteiger partial charge in [0.2, 0.25) is 11.8 Å². The number of anilines is 1. The van der Waals surface area contributed by atoms with Crippen LogP contribution in [-0.4, -0.2) is 110 Å². The molecule has 0 aliphatic carbocycles. The number of hydrogen-bond donors (Lipinski definition) is 4. The number of carbonyl (C=O) groups excluding carboxylic acids is 1. The third-order valence-electron chi connectivity index (χ3n) is 6.78. The summed E-state index contributed by atoms with van der Waals surface area (Å²) in [5.41, 5.74) is 2.05. The number of aromatic amines is 1. The SMILES string of the molecule is CC(C)N(C[C@H](C(=O)N1CCN(c2ccnc3[nH]nc(OCC(O)CO)c23)CC1)c1ccc(Cl)cc1)C(=O)O. The van der Waals surface area contributed by atoms with Gasteiger partial charge in [-0.25, -0.2) is 9.78 Å². The van der Waals surface area contributed by atoms with Crippen molar-refractivity contribution in [3.8, 4) is 5.88 Å². The summed E-state index contributed by atoms with van der Waals surface area (Å²) in [7, 11) is 0. The zero-order chi connectivity index (χ0) is 28.1. The number of ether oxygens (including phenoxy) is 1. The van der Waals surface area contributed by atoms with Gasteiger partial charge in [0.05, 0.1) is 18.2 Å². The number of hydrogen-bond acceptors (Lipinski definition) is 8. The van der Waals surface area contributed by atoms with Gasteiger partial charge in [0.1, 0.15) is 18.1 Å². The Labute approximate surface area is 230 Å². The lowest BCUT2D eigenvalue weighted by Gasteiger charge is -2.38. The number of pyridine rings is 1. The molecule has 4 rings (SSSR count). The Morgan fingerprint density at radius 1 is 1.15 bits per heavy atom. The number of halogens is 1. The van der Waals surface area contributed by atoms with Crippen molar-refractivity contribution in [2.45, 2.75) is 31.9 Å². The number of piperazine rings is 1. The first-order valence-corrected chi connectivity index (χ1v) is 13.1. The molecular formula is C26H33ClN6O6. The van der Waals surface area contributed by atoms with Crippen LogP contribution >= 0.6 is 11.6 Å². The highest BCUT2D eigenvalue weighted by atomic mass is 35.5. The Morgan fingerprint density at radius 3 is 2.46 bits per heavy atom. The van der Waals surface area contributed by atoms with Gasteiger partial charge in [0.15, 0.2) is 5.65 Å². The van der Waals surface area contributed by atoms with Crippen LogP contribution in [0.25, 0.3) is 11.0 Å². The highest BCUT2D eigenvalue weighted by Crippen LogP contribution is 2.33. The Hall–Kier alpha value is -3.61. The maximum absolute atomic E-state index is 13.8. The zero-order valence-electron chi connectivity index (χ0n) is 21.8. The van der Waals surface area contributed by atoms with Gasteiger partial charge >= 0.3 is 6.09 Å². The number of amides is 2. The lowest BCUT2D eigenvalue weighted by molar-refractivity contribution is -0.133. The molecule has 3 heterocycles. The summed E-state index contributed by atoms with van der Waals surface area (Å²) >= 11 is 6.06. The van der Waals surface area contributed by atoms with Crippen LogP contribution in [0.4, 0.5) is 10.5 Å². The highest BCUT2D eigenvalue weighted by molar-refractivity contribution is 6.30. The number of nitrogens with one attached hydrogen (secondary N) is 1. The van der Waals surface area contributed by atoms with Crippen molar-refractivity contribution in [3.05, 3.63) is 47.1 Å². The third-order valence-corrected chi connectivity index (χ3v) is 7.03. The molecule has 1 aliphatic heterocycles. The van der Waals surface area contributed by atoms with Crippen LogP contribution in [0, 0.1) is 0 Å². The Bertz CT molecular complexity index is 1280. The molecule has 2 aromatic heterocycles. The second-order valence-electron chi connectivity index (χ2n) is 9.68. The Balaban J connectivity index is 1.52. The van der Waals surface area contributed by atoms with E-state index in [1.54, 1.807) is 49.2 Å². The molecule has 1 aromatic carbocycles. The average molecular weight is 561 g/mol. The van der Waals surface area contributed by atoms with Crippen molar-refractivity contribution < 1.29 is 29.6 Å². The predicted molar refractivity (Wildman–Crippen MR) is 145 cm³/mol. The van der Waals surface area contributed by atoms with Crippen molar-refractivity contribution in [1.29, 1.82) is 0 Å². The molecule has 1 fully saturated rings. The summed E-state index contributed by atoms with van der Waals surface area (Å²) in [5.74, 6) is -0.551. The van der Waals surface area contributed by atoms with Crippen LogP contribution in [0.2, 0.25) is 5.02 Å². The van der Waals surface area contributed by atoms with Crippen LogP contribution in [0.15, 0.2) is 36.5 Å². The van der Waals surface area contributed by atoms with Gasteiger partial charge in [-0.05, 0) is 37.6 Å². The number of rotatable bonds is 10. The number of aliphatic hydroxyl groups is 2. The molecule has 0 radical (unpaired) electrons. The number of nitrogens with zero attached hydrogens (tertiary/aromatic N) is 5. The number of aliphatic hydroxyl groups excluding tert-OH is 2. The molecule has 13 heteroatoms. The summed E-state index contributed by atoms with van der Waals surface area (Å²) in [6.07, 6.45) is -0.455. The van der Waals surface area contributed by atoms with Gasteiger partial charge in [0.25, 0.3) is 0 Å². The van der Waals surface area contributed by atoms with Gasteiger partial charge in [-0.3, -0.25) is 9.89 Å². The van der Waals surface area contributed by atoms with E-state index in [0.717, 1.165) is 5.69 Å². The summed E-state index contributed by atoms with van der Waals surface area (Å²) in [6, 6.07) is 8.49. The van der Waals surface area contributed by atoms with Crippen molar-refractivity contribution in [2.24, 2.45) is 0 Å². The van der Waals surface area contributed by atoms with Crippen molar-refractivity contribution in [1.82, 2.24) is 25.0 Å². The van der Waals surface area contributed by atoms with Gasteiger partial charge in [0, 0.05) is 50.0 Å². The van der Waals surface area contributed by atoms with E-state index in [9.17, 15) is 19.8 Å². The molecular weight excluding hydrogens is 528 g/mol. The number of carboxylic acid groups (broad SMARTS) is 1. The number of H-pyrrole nitrogens is 1. The van der Waals surface area contributed by atoms with Crippen LogP contribution < -0.4 is 9.64 Å². The summed E-state index contributed by atoms with van der Waals surface area (Å²) < 4.78 is 5.62. The predicted octanol–water partition coefficient (Wildman–Crippen LogP) is 2.16. The van der Waals surface area contributed by atoms with E-state index >= 15 is 0 Å². The van der Waals surface area contributed by atoms with E-state index in [2.05, 4.69) is 20.1 Å². The molecule has 0 saturated carbocycles. The maximum atomic E-state index is 13.8. The normalized spacial score (nSPS) is 15.4. The third kappa shape index (κ3) is 6.52. The Morgan fingerprint density at radius 2 is 1.85 bits per heavy atom. The van der Waals surface area contributed by atoms with E-state index in [-0.39, 0.29) is 31.0 Å². The second-order valence-corrected chi connectivity index (χ2v) is 10.1. The van der Waals surface area contributed by atoms with Crippen molar-refractivity contribution in [3.63, 3.8) is 0 Å². The quantitative estimate of drug-likeness (QED) is 0.292. The molecule has 3 aromatic rings. The minimum atomic E-state index is -1.08. The number of benzene rings is 1. The van der Waals surface area contributed by atoms with Crippen LogP contribution in [0.5, 0.6) is 5.88 Å². The van der Waals surface area contributed by atoms with Gasteiger partial charge < -0.3 is 34.8 Å². The van der Waals surface area contributed by atoms with E-state index < -0.39 is 24.7 Å². The molecule has 12 nitrogen and oxygen atoms in total. The largest absolute Gasteiger partial charge is 0.473 e. The average Bonchev–Trinajstić information content (AvgIpc) is 3.35. The molecule has 210 valence electrons. The molecule has 1 saturated heterocycles. The van der Waals surface area contributed by atoms with Gasteiger partial charge in [-0.1, -0.05) is 23.7 Å². The van der Waals surface area contributed by atoms with E-state index in [0.29, 0.717) is 47.8 Å². The van der Waals surface area contributed by atoms with Crippen LogP contribution in [0.3, 0.4) is 0 Å². The highest BCUT2D eigenvalue weighted by Gasteiger charge is 2.33. The molecule has 1 unspecified atom stereocenters. The van der Waals surface area contributed by atoms with E-state index in [4.69, 9.17) is 21.4 Å². The van der Waals surface area contributed by atoms with Crippen LogP contribution in [-0.2, 0) is 4.79 Å². The molecule has 0 bridgehead atoms. The Kier molecular flexibility index (Phi) is 9.10. The first-order chi connectivity index (χ1) is 18.7. The van der Waals surface area contributed by atoms with Gasteiger partial charge in [-0.15, -0.1) is 5.10 Å². The maximum Gasteiger partial charge on any atom is 0.407 e.